The summed E-state index contributed by atoms with van der Waals surface area (Å²) in [5.41, 5.74) is 5.15. The molecule has 1 aromatic carbocycles. The maximum atomic E-state index is 5.78. The summed E-state index contributed by atoms with van der Waals surface area (Å²) < 4.78 is 8.16. The molecule has 5 heteroatoms. The number of aromatic nitrogens is 3. The van der Waals surface area contributed by atoms with Gasteiger partial charge in [-0.15, -0.1) is 0 Å². The molecule has 25 heavy (non-hydrogen) atoms. The van der Waals surface area contributed by atoms with E-state index in [-0.39, 0.29) is 0 Å². The fourth-order valence-corrected chi connectivity index (χ4v) is 3.60. The number of oxazole rings is 1. The predicted molar refractivity (Wildman–Crippen MR) is 101 cm³/mol. The number of nitrogens with one attached hydrogen (secondary N) is 1. The number of rotatable bonds is 5. The lowest BCUT2D eigenvalue weighted by molar-refractivity contribution is 0.405. The fourth-order valence-electron chi connectivity index (χ4n) is 3.60. The van der Waals surface area contributed by atoms with Gasteiger partial charge in [-0.25, -0.2) is 4.98 Å². The maximum absolute atomic E-state index is 5.78. The first-order chi connectivity index (χ1) is 12.2. The van der Waals surface area contributed by atoms with Crippen LogP contribution >= 0.6 is 0 Å². The molecule has 132 valence electrons. The highest BCUT2D eigenvalue weighted by Crippen LogP contribution is 2.31. The summed E-state index contributed by atoms with van der Waals surface area (Å²) in [5.74, 6) is 1.94. The molecule has 0 saturated carbocycles. The van der Waals surface area contributed by atoms with Gasteiger partial charge in [0.05, 0.1) is 5.69 Å². The fraction of sp³-hybridized carbons (Fsp3) is 0.500. The summed E-state index contributed by atoms with van der Waals surface area (Å²) in [4.78, 5) is 9.52. The van der Waals surface area contributed by atoms with E-state index in [1.54, 1.807) is 0 Å². The van der Waals surface area contributed by atoms with Crippen LogP contribution in [-0.2, 0) is 13.0 Å². The summed E-state index contributed by atoms with van der Waals surface area (Å²) in [5, 5.41) is 3.25. The SMILES string of the molecule is CCCCNc1nc2cc(-c3nc4n(c3C)CCC(C)C4)ccc2o1. The zero-order valence-corrected chi connectivity index (χ0v) is 15.3. The molecular weight excluding hydrogens is 312 g/mol. The van der Waals surface area contributed by atoms with E-state index in [2.05, 4.69) is 47.8 Å². The smallest absolute Gasteiger partial charge is 0.295 e. The Hall–Kier alpha value is -2.30. The molecule has 1 atom stereocenters. The molecule has 0 amide bonds. The first kappa shape index (κ1) is 16.2. The van der Waals surface area contributed by atoms with Gasteiger partial charge in [-0.3, -0.25) is 0 Å². The van der Waals surface area contributed by atoms with Gasteiger partial charge in [0.2, 0.25) is 0 Å². The van der Waals surface area contributed by atoms with E-state index in [9.17, 15) is 0 Å². The molecule has 0 bridgehead atoms. The first-order valence-electron chi connectivity index (χ1n) is 9.36. The molecule has 0 saturated heterocycles. The third-order valence-electron chi connectivity index (χ3n) is 5.14. The predicted octanol–water partition coefficient (Wildman–Crippen LogP) is 4.79. The van der Waals surface area contributed by atoms with Gasteiger partial charge < -0.3 is 14.3 Å². The Morgan fingerprint density at radius 1 is 1.32 bits per heavy atom. The molecule has 2 aromatic heterocycles. The van der Waals surface area contributed by atoms with Crippen molar-refractivity contribution in [3.63, 3.8) is 0 Å². The molecule has 5 nitrogen and oxygen atoms in total. The number of imidazole rings is 1. The van der Waals surface area contributed by atoms with Crippen LogP contribution in [0.4, 0.5) is 6.01 Å². The molecule has 0 fully saturated rings. The highest BCUT2D eigenvalue weighted by atomic mass is 16.4. The summed E-state index contributed by atoms with van der Waals surface area (Å²) in [6, 6.07) is 6.79. The zero-order chi connectivity index (χ0) is 17.4. The van der Waals surface area contributed by atoms with Gasteiger partial charge in [0.15, 0.2) is 5.58 Å². The Bertz CT molecular complexity index is 893. The number of anilines is 1. The number of benzene rings is 1. The van der Waals surface area contributed by atoms with Crippen LogP contribution in [0.1, 0.15) is 44.6 Å². The molecule has 0 radical (unpaired) electrons. The normalized spacial score (nSPS) is 17.0. The summed E-state index contributed by atoms with van der Waals surface area (Å²) >= 11 is 0. The van der Waals surface area contributed by atoms with Crippen molar-refractivity contribution in [2.24, 2.45) is 5.92 Å². The third-order valence-corrected chi connectivity index (χ3v) is 5.14. The Kier molecular flexibility index (Phi) is 4.24. The van der Waals surface area contributed by atoms with Crippen LogP contribution in [0.2, 0.25) is 0 Å². The van der Waals surface area contributed by atoms with Gasteiger partial charge in [-0.2, -0.15) is 4.98 Å². The summed E-state index contributed by atoms with van der Waals surface area (Å²) in [6.45, 7) is 8.62. The van der Waals surface area contributed by atoms with Gasteiger partial charge in [0, 0.05) is 30.8 Å². The number of hydrogen-bond acceptors (Lipinski definition) is 4. The van der Waals surface area contributed by atoms with Crippen molar-refractivity contribution in [1.29, 1.82) is 0 Å². The minimum atomic E-state index is 0.607. The highest BCUT2D eigenvalue weighted by Gasteiger charge is 2.21. The lowest BCUT2D eigenvalue weighted by atomic mass is 10.0. The largest absolute Gasteiger partial charge is 0.424 e. The van der Waals surface area contributed by atoms with Crippen LogP contribution in [0.5, 0.6) is 0 Å². The molecule has 1 aliphatic heterocycles. The quantitative estimate of drug-likeness (QED) is 0.679. The van der Waals surface area contributed by atoms with Crippen LogP contribution in [0.25, 0.3) is 22.4 Å². The van der Waals surface area contributed by atoms with Crippen LogP contribution in [0.15, 0.2) is 22.6 Å². The van der Waals surface area contributed by atoms with Crippen molar-refractivity contribution in [1.82, 2.24) is 14.5 Å². The molecule has 0 spiro atoms. The summed E-state index contributed by atoms with van der Waals surface area (Å²) in [6.07, 6.45) is 4.57. The van der Waals surface area contributed by atoms with E-state index in [0.29, 0.717) is 6.01 Å². The van der Waals surface area contributed by atoms with Crippen LogP contribution in [0, 0.1) is 12.8 Å². The maximum Gasteiger partial charge on any atom is 0.295 e. The third kappa shape index (κ3) is 3.03. The zero-order valence-electron chi connectivity index (χ0n) is 15.3. The molecule has 1 aliphatic rings. The van der Waals surface area contributed by atoms with Gasteiger partial charge in [0.25, 0.3) is 6.01 Å². The van der Waals surface area contributed by atoms with Crippen LogP contribution < -0.4 is 5.32 Å². The van der Waals surface area contributed by atoms with E-state index < -0.39 is 0 Å². The van der Waals surface area contributed by atoms with E-state index in [1.807, 2.05) is 6.07 Å². The van der Waals surface area contributed by atoms with Crippen molar-refractivity contribution in [3.05, 3.63) is 29.7 Å². The first-order valence-corrected chi connectivity index (χ1v) is 9.36. The average molecular weight is 338 g/mol. The Labute approximate surface area is 148 Å². The Morgan fingerprint density at radius 3 is 3.04 bits per heavy atom. The second kappa shape index (κ2) is 6.54. The number of unbranched alkanes of at least 4 members (excludes halogenated alkanes) is 1. The second-order valence-electron chi connectivity index (χ2n) is 7.19. The topological polar surface area (TPSA) is 55.9 Å². The van der Waals surface area contributed by atoms with E-state index in [1.165, 1.54) is 17.9 Å². The van der Waals surface area contributed by atoms with Crippen molar-refractivity contribution in [2.75, 3.05) is 11.9 Å². The van der Waals surface area contributed by atoms with Crippen LogP contribution in [0.3, 0.4) is 0 Å². The van der Waals surface area contributed by atoms with Crippen molar-refractivity contribution >= 4 is 17.1 Å². The molecular formula is C20H26N4O. The Balaban J connectivity index is 1.65. The van der Waals surface area contributed by atoms with Crippen molar-refractivity contribution in [3.8, 4) is 11.3 Å². The van der Waals surface area contributed by atoms with Crippen molar-refractivity contribution in [2.45, 2.75) is 53.0 Å². The molecule has 0 aliphatic carbocycles. The average Bonchev–Trinajstić information content (AvgIpc) is 3.15. The Morgan fingerprint density at radius 2 is 2.20 bits per heavy atom. The minimum Gasteiger partial charge on any atom is -0.424 e. The standard InChI is InChI=1S/C20H26N4O/c1-4-5-9-21-20-22-16-12-15(6-7-17(16)25-20)19-14(3)24-10-8-13(2)11-18(24)23-19/h6-7,12-13H,4-5,8-11H2,1-3H3,(H,21,22). The highest BCUT2D eigenvalue weighted by molar-refractivity contribution is 5.81. The van der Waals surface area contributed by atoms with Gasteiger partial charge in [-0.1, -0.05) is 20.3 Å². The number of hydrogen-bond donors (Lipinski definition) is 1. The minimum absolute atomic E-state index is 0.607. The van der Waals surface area contributed by atoms with Gasteiger partial charge in [-0.05, 0) is 43.9 Å². The molecule has 1 N–H and O–H groups in total. The van der Waals surface area contributed by atoms with Crippen molar-refractivity contribution < 1.29 is 4.42 Å². The lowest BCUT2D eigenvalue weighted by Crippen LogP contribution is -2.17. The summed E-state index contributed by atoms with van der Waals surface area (Å²) in [7, 11) is 0. The molecule has 3 heterocycles. The van der Waals surface area contributed by atoms with Gasteiger partial charge >= 0.3 is 0 Å². The van der Waals surface area contributed by atoms with Crippen LogP contribution in [-0.4, -0.2) is 21.1 Å². The molecule has 4 rings (SSSR count). The number of nitrogens with zero attached hydrogens (tertiary/aromatic N) is 3. The van der Waals surface area contributed by atoms with E-state index >= 15 is 0 Å². The molecule has 3 aromatic rings. The van der Waals surface area contributed by atoms with E-state index in [0.717, 1.165) is 60.6 Å². The monoisotopic (exact) mass is 338 g/mol. The number of fused-ring (bicyclic) bond motifs is 2. The van der Waals surface area contributed by atoms with Gasteiger partial charge in [0.1, 0.15) is 11.3 Å². The molecule has 1 unspecified atom stereocenters. The lowest BCUT2D eigenvalue weighted by Gasteiger charge is -2.20. The second-order valence-corrected chi connectivity index (χ2v) is 7.19. The van der Waals surface area contributed by atoms with E-state index in [4.69, 9.17) is 9.40 Å².